The number of carbonyl (C=O) groups excluding carboxylic acids is 1. The fourth-order valence-corrected chi connectivity index (χ4v) is 2.82. The minimum absolute atomic E-state index is 0.0295. The minimum Gasteiger partial charge on any atom is -0.322 e. The number of carbonyl (C=O) groups is 1. The van der Waals surface area contributed by atoms with E-state index in [1.165, 1.54) is 31.4 Å². The molecule has 22 heavy (non-hydrogen) atoms. The minimum atomic E-state index is 0.0295. The summed E-state index contributed by atoms with van der Waals surface area (Å²) in [6.07, 6.45) is 3.83. The maximum atomic E-state index is 12.4. The summed E-state index contributed by atoms with van der Waals surface area (Å²) in [6.45, 7) is 11.1. The van der Waals surface area contributed by atoms with Crippen LogP contribution >= 0.6 is 0 Å². The predicted octanol–water partition coefficient (Wildman–Crippen LogP) is 3.64. The van der Waals surface area contributed by atoms with Crippen molar-refractivity contribution in [1.29, 1.82) is 0 Å². The molecular weight excluding hydrogens is 274 g/mol. The predicted molar refractivity (Wildman–Crippen MR) is 92.5 cm³/mol. The quantitative estimate of drug-likeness (QED) is 0.843. The van der Waals surface area contributed by atoms with Crippen LogP contribution in [0.1, 0.15) is 37.3 Å². The first-order chi connectivity index (χ1) is 10.6. The van der Waals surface area contributed by atoms with E-state index in [1.807, 2.05) is 24.8 Å². The Morgan fingerprint density at radius 1 is 1.14 bits per heavy atom. The van der Waals surface area contributed by atoms with Crippen LogP contribution in [0.25, 0.3) is 0 Å². The third kappa shape index (κ3) is 4.73. The molecule has 0 bridgehead atoms. The second-order valence-electron chi connectivity index (χ2n) is 6.28. The topological polar surface area (TPSA) is 35.6 Å². The fourth-order valence-electron chi connectivity index (χ4n) is 2.82. The molecule has 4 heteroatoms. The number of nitrogens with one attached hydrogen (secondary N) is 1. The number of urea groups is 1. The SMILES string of the molecule is CCCCCN1CCN(C(=O)Nc2cc(C)ccc2C)CC1. The lowest BCUT2D eigenvalue weighted by Crippen LogP contribution is -2.50. The molecule has 1 saturated heterocycles. The lowest BCUT2D eigenvalue weighted by atomic mass is 10.1. The summed E-state index contributed by atoms with van der Waals surface area (Å²) < 4.78 is 0. The molecule has 4 nitrogen and oxygen atoms in total. The Hall–Kier alpha value is -1.55. The van der Waals surface area contributed by atoms with E-state index in [1.54, 1.807) is 0 Å². The molecule has 0 unspecified atom stereocenters. The van der Waals surface area contributed by atoms with Crippen LogP contribution in [0.2, 0.25) is 0 Å². The van der Waals surface area contributed by atoms with Crippen molar-refractivity contribution in [2.45, 2.75) is 40.0 Å². The van der Waals surface area contributed by atoms with Gasteiger partial charge < -0.3 is 10.2 Å². The zero-order chi connectivity index (χ0) is 15.9. The van der Waals surface area contributed by atoms with Crippen molar-refractivity contribution in [3.05, 3.63) is 29.3 Å². The molecule has 0 spiro atoms. The number of hydrogen-bond donors (Lipinski definition) is 1. The van der Waals surface area contributed by atoms with E-state index in [-0.39, 0.29) is 6.03 Å². The zero-order valence-corrected chi connectivity index (χ0v) is 14.2. The first-order valence-electron chi connectivity index (χ1n) is 8.45. The Kier molecular flexibility index (Phi) is 6.25. The lowest BCUT2D eigenvalue weighted by molar-refractivity contribution is 0.146. The molecule has 0 saturated carbocycles. The number of piperazine rings is 1. The standard InChI is InChI=1S/C18H29N3O/c1-4-5-6-9-20-10-12-21(13-11-20)18(22)19-17-14-15(2)7-8-16(17)3/h7-8,14H,4-6,9-13H2,1-3H3,(H,19,22). The molecule has 1 N–H and O–H groups in total. The van der Waals surface area contributed by atoms with E-state index in [2.05, 4.69) is 29.3 Å². The van der Waals surface area contributed by atoms with Crippen LogP contribution in [0.3, 0.4) is 0 Å². The summed E-state index contributed by atoms with van der Waals surface area (Å²) in [5.41, 5.74) is 3.20. The van der Waals surface area contributed by atoms with Crippen molar-refractivity contribution in [1.82, 2.24) is 9.80 Å². The van der Waals surface area contributed by atoms with Crippen LogP contribution in [-0.4, -0.2) is 48.6 Å². The highest BCUT2D eigenvalue weighted by atomic mass is 16.2. The van der Waals surface area contributed by atoms with Gasteiger partial charge in [0.05, 0.1) is 0 Å². The normalized spacial score (nSPS) is 15.9. The van der Waals surface area contributed by atoms with Gasteiger partial charge in [-0.2, -0.15) is 0 Å². The number of benzene rings is 1. The number of anilines is 1. The fraction of sp³-hybridized carbons (Fsp3) is 0.611. The Balaban J connectivity index is 1.81. The van der Waals surface area contributed by atoms with Gasteiger partial charge in [-0.3, -0.25) is 4.90 Å². The second kappa shape index (κ2) is 8.18. The summed E-state index contributed by atoms with van der Waals surface area (Å²) in [5.74, 6) is 0. The molecule has 0 atom stereocenters. The average Bonchev–Trinajstić information content (AvgIpc) is 2.52. The Morgan fingerprint density at radius 2 is 1.86 bits per heavy atom. The van der Waals surface area contributed by atoms with E-state index >= 15 is 0 Å². The molecule has 1 aromatic rings. The molecule has 1 aromatic carbocycles. The number of rotatable bonds is 5. The van der Waals surface area contributed by atoms with Gasteiger partial charge in [0, 0.05) is 31.9 Å². The Bertz CT molecular complexity index is 493. The van der Waals surface area contributed by atoms with Crippen LogP contribution in [0.5, 0.6) is 0 Å². The summed E-state index contributed by atoms with van der Waals surface area (Å²) in [7, 11) is 0. The number of amides is 2. The van der Waals surface area contributed by atoms with Crippen LogP contribution in [0, 0.1) is 13.8 Å². The first-order valence-corrected chi connectivity index (χ1v) is 8.45. The molecule has 0 radical (unpaired) electrons. The van der Waals surface area contributed by atoms with E-state index in [0.717, 1.165) is 37.4 Å². The van der Waals surface area contributed by atoms with Gasteiger partial charge in [0.25, 0.3) is 0 Å². The highest BCUT2D eigenvalue weighted by molar-refractivity contribution is 5.90. The Morgan fingerprint density at radius 3 is 2.55 bits per heavy atom. The molecule has 122 valence electrons. The van der Waals surface area contributed by atoms with Gasteiger partial charge >= 0.3 is 6.03 Å². The highest BCUT2D eigenvalue weighted by Crippen LogP contribution is 2.17. The van der Waals surface area contributed by atoms with Gasteiger partial charge in [-0.25, -0.2) is 4.79 Å². The number of aryl methyl sites for hydroxylation is 2. The van der Waals surface area contributed by atoms with Crippen LogP contribution < -0.4 is 5.32 Å². The van der Waals surface area contributed by atoms with Gasteiger partial charge in [-0.15, -0.1) is 0 Å². The van der Waals surface area contributed by atoms with E-state index in [4.69, 9.17) is 0 Å². The zero-order valence-electron chi connectivity index (χ0n) is 14.2. The summed E-state index contributed by atoms with van der Waals surface area (Å²) in [4.78, 5) is 16.8. The maximum absolute atomic E-state index is 12.4. The molecule has 0 aliphatic carbocycles. The highest BCUT2D eigenvalue weighted by Gasteiger charge is 2.21. The van der Waals surface area contributed by atoms with Crippen LogP contribution in [0.15, 0.2) is 18.2 Å². The number of unbranched alkanes of at least 4 members (excludes halogenated alkanes) is 2. The molecule has 1 fully saturated rings. The average molecular weight is 303 g/mol. The van der Waals surface area contributed by atoms with Crippen molar-refractivity contribution >= 4 is 11.7 Å². The summed E-state index contributed by atoms with van der Waals surface area (Å²) in [6, 6.07) is 6.19. The van der Waals surface area contributed by atoms with Crippen molar-refractivity contribution in [2.24, 2.45) is 0 Å². The first kappa shape index (κ1) is 16.8. The summed E-state index contributed by atoms with van der Waals surface area (Å²) >= 11 is 0. The van der Waals surface area contributed by atoms with Gasteiger partial charge in [0.1, 0.15) is 0 Å². The number of nitrogens with zero attached hydrogens (tertiary/aromatic N) is 2. The maximum Gasteiger partial charge on any atom is 0.321 e. The van der Waals surface area contributed by atoms with Crippen molar-refractivity contribution in [3.8, 4) is 0 Å². The monoisotopic (exact) mass is 303 g/mol. The van der Waals surface area contributed by atoms with Gasteiger partial charge in [-0.1, -0.05) is 31.9 Å². The van der Waals surface area contributed by atoms with Gasteiger partial charge in [-0.05, 0) is 44.0 Å². The number of hydrogen-bond acceptors (Lipinski definition) is 2. The molecule has 1 aliphatic heterocycles. The molecule has 1 aliphatic rings. The molecule has 2 amide bonds. The molecular formula is C18H29N3O. The van der Waals surface area contributed by atoms with Crippen molar-refractivity contribution in [2.75, 3.05) is 38.0 Å². The smallest absolute Gasteiger partial charge is 0.321 e. The lowest BCUT2D eigenvalue weighted by Gasteiger charge is -2.34. The van der Waals surface area contributed by atoms with Gasteiger partial charge in [0.2, 0.25) is 0 Å². The molecule has 0 aromatic heterocycles. The largest absolute Gasteiger partial charge is 0.322 e. The third-order valence-electron chi connectivity index (χ3n) is 4.37. The third-order valence-corrected chi connectivity index (χ3v) is 4.37. The Labute approximate surface area is 134 Å². The molecule has 2 rings (SSSR count). The van der Waals surface area contributed by atoms with E-state index in [0.29, 0.717) is 0 Å². The van der Waals surface area contributed by atoms with Gasteiger partial charge in [0.15, 0.2) is 0 Å². The van der Waals surface area contributed by atoms with Crippen LogP contribution in [0.4, 0.5) is 10.5 Å². The molecule has 1 heterocycles. The van der Waals surface area contributed by atoms with Crippen LogP contribution in [-0.2, 0) is 0 Å². The summed E-state index contributed by atoms with van der Waals surface area (Å²) in [5, 5.41) is 3.06. The van der Waals surface area contributed by atoms with Crippen molar-refractivity contribution < 1.29 is 4.79 Å². The van der Waals surface area contributed by atoms with Crippen molar-refractivity contribution in [3.63, 3.8) is 0 Å². The van der Waals surface area contributed by atoms with E-state index < -0.39 is 0 Å². The second-order valence-corrected chi connectivity index (χ2v) is 6.28. The van der Waals surface area contributed by atoms with E-state index in [9.17, 15) is 4.79 Å².